The first-order valence-electron chi connectivity index (χ1n) is 9.75. The Balaban J connectivity index is 1.44. The van der Waals surface area contributed by atoms with Gasteiger partial charge in [0.2, 0.25) is 5.91 Å². The lowest BCUT2D eigenvalue weighted by atomic mass is 10.1. The highest BCUT2D eigenvalue weighted by Gasteiger charge is 2.30. The molecule has 2 fully saturated rings. The lowest BCUT2D eigenvalue weighted by Crippen LogP contribution is -2.38. The van der Waals surface area contributed by atoms with E-state index in [9.17, 15) is 13.2 Å². The Labute approximate surface area is 157 Å². The molecule has 0 bridgehead atoms. The van der Waals surface area contributed by atoms with E-state index in [4.69, 9.17) is 0 Å². The van der Waals surface area contributed by atoms with Gasteiger partial charge in [-0.25, -0.2) is 8.42 Å². The summed E-state index contributed by atoms with van der Waals surface area (Å²) < 4.78 is 24.6. The Morgan fingerprint density at radius 3 is 2.58 bits per heavy atom. The molecule has 1 aliphatic carbocycles. The van der Waals surface area contributed by atoms with Gasteiger partial charge in [0, 0.05) is 31.6 Å². The Kier molecular flexibility index (Phi) is 6.35. The number of nitrogens with one attached hydrogen (secondary N) is 1. The lowest BCUT2D eigenvalue weighted by Gasteiger charge is -2.24. The first-order chi connectivity index (χ1) is 12.5. The maximum atomic E-state index is 12.3. The summed E-state index contributed by atoms with van der Waals surface area (Å²) in [6, 6.07) is 10.8. The van der Waals surface area contributed by atoms with Crippen LogP contribution in [0.2, 0.25) is 0 Å². The van der Waals surface area contributed by atoms with Gasteiger partial charge in [-0.15, -0.1) is 0 Å². The molecule has 1 aromatic carbocycles. The van der Waals surface area contributed by atoms with Crippen LogP contribution in [0, 0.1) is 0 Å². The molecule has 1 saturated carbocycles. The number of nitrogens with zero attached hydrogens (tertiary/aromatic N) is 1. The Hall–Kier alpha value is -1.40. The summed E-state index contributed by atoms with van der Waals surface area (Å²) >= 11 is 0. The smallest absolute Gasteiger partial charge is 0.221 e. The highest BCUT2D eigenvalue weighted by molar-refractivity contribution is 7.92. The first kappa shape index (κ1) is 19.4. The van der Waals surface area contributed by atoms with E-state index in [1.807, 2.05) is 18.2 Å². The number of rotatable bonds is 7. The molecule has 1 amide bonds. The Morgan fingerprint density at radius 1 is 1.19 bits per heavy atom. The van der Waals surface area contributed by atoms with Crippen LogP contribution >= 0.6 is 0 Å². The zero-order valence-electron chi connectivity index (χ0n) is 15.6. The summed E-state index contributed by atoms with van der Waals surface area (Å²) in [7, 11) is -3.12. The average Bonchev–Trinajstić information content (AvgIpc) is 3.33. The van der Waals surface area contributed by atoms with Gasteiger partial charge in [0.1, 0.15) is 0 Å². The molecular weight excluding hydrogens is 348 g/mol. The van der Waals surface area contributed by atoms with Crippen molar-refractivity contribution in [3.63, 3.8) is 0 Å². The third-order valence-electron chi connectivity index (χ3n) is 5.84. The molecule has 0 radical (unpaired) electrons. The van der Waals surface area contributed by atoms with E-state index < -0.39 is 9.84 Å². The molecule has 6 heteroatoms. The van der Waals surface area contributed by atoms with Crippen LogP contribution in [0.1, 0.15) is 57.1 Å². The summed E-state index contributed by atoms with van der Waals surface area (Å²) in [4.78, 5) is 14.6. The summed E-state index contributed by atoms with van der Waals surface area (Å²) in [5.74, 6) is -0.147. The number of carbonyl (C=O) groups is 1. The van der Waals surface area contributed by atoms with Gasteiger partial charge in [0.25, 0.3) is 0 Å². The molecule has 1 aromatic rings. The zero-order valence-corrected chi connectivity index (χ0v) is 16.4. The molecule has 3 rings (SSSR count). The molecule has 2 atom stereocenters. The van der Waals surface area contributed by atoms with Crippen molar-refractivity contribution < 1.29 is 13.2 Å². The molecular formula is C20H30N2O3S. The molecule has 5 nitrogen and oxygen atoms in total. The van der Waals surface area contributed by atoms with E-state index in [1.165, 1.54) is 5.56 Å². The molecule has 1 N–H and O–H groups in total. The standard InChI is InChI=1S/C20H30N2O3S/c1-16(17-7-3-2-4-8-17)22-13-11-18(15-22)21-20(23)12-14-26(24,25)19-9-5-6-10-19/h2-4,7-8,16,18-19H,5-6,9-15H2,1H3,(H,21,23)/t16-,18+/m1/s1. The van der Waals surface area contributed by atoms with Gasteiger partial charge in [0.15, 0.2) is 9.84 Å². The minimum atomic E-state index is -3.12. The summed E-state index contributed by atoms with van der Waals surface area (Å²) in [6.07, 6.45) is 4.51. The van der Waals surface area contributed by atoms with Crippen molar-refractivity contribution in [3.05, 3.63) is 35.9 Å². The highest BCUT2D eigenvalue weighted by atomic mass is 32.2. The number of hydrogen-bond acceptors (Lipinski definition) is 4. The second kappa shape index (κ2) is 8.53. The zero-order chi connectivity index (χ0) is 18.6. The van der Waals surface area contributed by atoms with Crippen LogP contribution in [0.15, 0.2) is 30.3 Å². The molecule has 0 aromatic heterocycles. The number of sulfone groups is 1. The van der Waals surface area contributed by atoms with E-state index in [0.29, 0.717) is 6.04 Å². The average molecular weight is 379 g/mol. The predicted octanol–water partition coefficient (Wildman–Crippen LogP) is 2.69. The van der Waals surface area contributed by atoms with E-state index in [-0.39, 0.29) is 29.4 Å². The fraction of sp³-hybridized carbons (Fsp3) is 0.650. The number of likely N-dealkylation sites (tertiary alicyclic amines) is 1. The fourth-order valence-corrected chi connectivity index (χ4v) is 6.00. The van der Waals surface area contributed by atoms with Gasteiger partial charge >= 0.3 is 0 Å². The third-order valence-corrected chi connectivity index (χ3v) is 8.10. The second-order valence-electron chi connectivity index (χ2n) is 7.66. The maximum Gasteiger partial charge on any atom is 0.221 e. The molecule has 26 heavy (non-hydrogen) atoms. The number of carbonyl (C=O) groups excluding carboxylic acids is 1. The van der Waals surface area contributed by atoms with Crippen molar-refractivity contribution in [2.24, 2.45) is 0 Å². The number of amides is 1. The van der Waals surface area contributed by atoms with Crippen molar-refractivity contribution in [1.82, 2.24) is 10.2 Å². The SMILES string of the molecule is C[C@H](c1ccccc1)N1CC[C@H](NC(=O)CCS(=O)(=O)C2CCCC2)C1. The third kappa shape index (κ3) is 4.86. The molecule has 0 spiro atoms. The van der Waals surface area contributed by atoms with Crippen LogP contribution in [0.5, 0.6) is 0 Å². The van der Waals surface area contributed by atoms with Gasteiger partial charge < -0.3 is 5.32 Å². The largest absolute Gasteiger partial charge is 0.352 e. The van der Waals surface area contributed by atoms with E-state index in [0.717, 1.165) is 45.2 Å². The minimum absolute atomic E-state index is 0.0135. The van der Waals surface area contributed by atoms with Crippen molar-refractivity contribution in [2.45, 2.75) is 62.8 Å². The molecule has 2 aliphatic rings. The van der Waals surface area contributed by atoms with Crippen LogP contribution in [0.4, 0.5) is 0 Å². The Morgan fingerprint density at radius 2 is 1.88 bits per heavy atom. The van der Waals surface area contributed by atoms with Crippen LogP contribution in [-0.4, -0.2) is 49.4 Å². The highest BCUT2D eigenvalue weighted by Crippen LogP contribution is 2.26. The monoisotopic (exact) mass is 378 g/mol. The molecule has 1 aliphatic heterocycles. The fourth-order valence-electron chi connectivity index (χ4n) is 4.15. The maximum absolute atomic E-state index is 12.3. The van der Waals surface area contributed by atoms with E-state index in [1.54, 1.807) is 0 Å². The lowest BCUT2D eigenvalue weighted by molar-refractivity contribution is -0.121. The first-order valence-corrected chi connectivity index (χ1v) is 11.5. The topological polar surface area (TPSA) is 66.5 Å². The number of benzene rings is 1. The van der Waals surface area contributed by atoms with Crippen molar-refractivity contribution in [3.8, 4) is 0 Å². The van der Waals surface area contributed by atoms with Crippen LogP contribution in [0.3, 0.4) is 0 Å². The quantitative estimate of drug-likeness (QED) is 0.792. The summed E-state index contributed by atoms with van der Waals surface area (Å²) in [5, 5.41) is 2.81. The van der Waals surface area contributed by atoms with Crippen molar-refractivity contribution >= 4 is 15.7 Å². The molecule has 1 heterocycles. The van der Waals surface area contributed by atoms with Crippen molar-refractivity contribution in [1.29, 1.82) is 0 Å². The van der Waals surface area contributed by atoms with E-state index in [2.05, 4.69) is 29.3 Å². The summed E-state index contributed by atoms with van der Waals surface area (Å²) in [5.41, 5.74) is 1.28. The minimum Gasteiger partial charge on any atom is -0.352 e. The second-order valence-corrected chi connectivity index (χ2v) is 10.1. The van der Waals surface area contributed by atoms with Crippen LogP contribution < -0.4 is 5.32 Å². The predicted molar refractivity (Wildman–Crippen MR) is 104 cm³/mol. The summed E-state index contributed by atoms with van der Waals surface area (Å²) in [6.45, 7) is 3.95. The number of hydrogen-bond donors (Lipinski definition) is 1. The van der Waals surface area contributed by atoms with E-state index >= 15 is 0 Å². The van der Waals surface area contributed by atoms with Gasteiger partial charge in [-0.05, 0) is 31.7 Å². The van der Waals surface area contributed by atoms with Crippen LogP contribution in [0.25, 0.3) is 0 Å². The van der Waals surface area contributed by atoms with Gasteiger partial charge in [-0.3, -0.25) is 9.69 Å². The van der Waals surface area contributed by atoms with Crippen molar-refractivity contribution in [2.75, 3.05) is 18.8 Å². The normalized spacial score (nSPS) is 23.2. The molecule has 0 unspecified atom stereocenters. The van der Waals surface area contributed by atoms with Gasteiger partial charge in [0.05, 0.1) is 11.0 Å². The van der Waals surface area contributed by atoms with Crippen LogP contribution in [-0.2, 0) is 14.6 Å². The van der Waals surface area contributed by atoms with Gasteiger partial charge in [-0.1, -0.05) is 43.2 Å². The Bertz CT molecular complexity index is 699. The molecule has 144 valence electrons. The van der Waals surface area contributed by atoms with Gasteiger partial charge in [-0.2, -0.15) is 0 Å². The molecule has 1 saturated heterocycles.